The number of carbonyl (C=O) groups is 2. The minimum absolute atomic E-state index is 0.111. The Labute approximate surface area is 143 Å². The summed E-state index contributed by atoms with van der Waals surface area (Å²) in [4.78, 5) is 22.8. The maximum Gasteiger partial charge on any atom is 0.244 e. The van der Waals surface area contributed by atoms with Gasteiger partial charge < -0.3 is 10.6 Å². The molecule has 0 unspecified atom stereocenters. The van der Waals surface area contributed by atoms with Gasteiger partial charge in [0.1, 0.15) is 0 Å². The van der Waals surface area contributed by atoms with E-state index in [9.17, 15) is 9.59 Å². The van der Waals surface area contributed by atoms with Gasteiger partial charge in [-0.25, -0.2) is 0 Å². The number of halogens is 1. The van der Waals surface area contributed by atoms with Crippen LogP contribution in [0, 0.1) is 0 Å². The molecule has 0 aliphatic carbocycles. The monoisotopic (exact) mass is 372 g/mol. The first-order chi connectivity index (χ1) is 11.0. The summed E-state index contributed by atoms with van der Waals surface area (Å²) in [5.74, 6) is -0.267. The van der Waals surface area contributed by atoms with E-state index in [1.165, 1.54) is 13.0 Å². The lowest BCUT2D eigenvalue weighted by atomic mass is 10.2. The number of amides is 2. The number of nitrogens with one attached hydrogen (secondary N) is 2. The second kappa shape index (κ2) is 8.29. The molecule has 0 saturated carbocycles. The van der Waals surface area contributed by atoms with Gasteiger partial charge in [-0.15, -0.1) is 0 Å². The van der Waals surface area contributed by atoms with E-state index >= 15 is 0 Å². The predicted octanol–water partition coefficient (Wildman–Crippen LogP) is 3.74. The lowest BCUT2D eigenvalue weighted by Gasteiger charge is -2.03. The van der Waals surface area contributed by atoms with E-state index < -0.39 is 0 Å². The van der Waals surface area contributed by atoms with Crippen molar-refractivity contribution in [2.45, 2.75) is 13.5 Å². The molecule has 23 heavy (non-hydrogen) atoms. The molecule has 5 heteroatoms. The quantitative estimate of drug-likeness (QED) is 0.785. The van der Waals surface area contributed by atoms with Gasteiger partial charge in [0.05, 0.1) is 0 Å². The van der Waals surface area contributed by atoms with Crippen LogP contribution in [0.5, 0.6) is 0 Å². The number of benzene rings is 2. The highest BCUT2D eigenvalue weighted by atomic mass is 79.9. The molecule has 0 spiro atoms. The van der Waals surface area contributed by atoms with Crippen molar-refractivity contribution >= 4 is 39.5 Å². The molecule has 0 atom stereocenters. The summed E-state index contributed by atoms with van der Waals surface area (Å²) in [7, 11) is 0. The van der Waals surface area contributed by atoms with E-state index in [1.54, 1.807) is 18.2 Å². The van der Waals surface area contributed by atoms with Crippen molar-refractivity contribution < 1.29 is 9.59 Å². The highest BCUT2D eigenvalue weighted by Crippen LogP contribution is 2.12. The third-order valence-corrected chi connectivity index (χ3v) is 3.51. The molecule has 2 aromatic rings. The summed E-state index contributed by atoms with van der Waals surface area (Å²) in [5, 5.41) is 5.52. The highest BCUT2D eigenvalue weighted by molar-refractivity contribution is 9.10. The summed E-state index contributed by atoms with van der Waals surface area (Å²) in [5.41, 5.74) is 2.64. The average Bonchev–Trinajstić information content (AvgIpc) is 2.52. The van der Waals surface area contributed by atoms with Crippen molar-refractivity contribution in [3.8, 4) is 0 Å². The molecule has 2 N–H and O–H groups in total. The molecular formula is C18H17BrN2O2. The molecule has 0 aromatic heterocycles. The van der Waals surface area contributed by atoms with E-state index in [-0.39, 0.29) is 11.8 Å². The lowest BCUT2D eigenvalue weighted by Crippen LogP contribution is -2.20. The summed E-state index contributed by atoms with van der Waals surface area (Å²) in [6, 6.07) is 15.0. The molecule has 0 saturated heterocycles. The maximum absolute atomic E-state index is 11.8. The second-order valence-electron chi connectivity index (χ2n) is 4.98. The first-order valence-corrected chi connectivity index (χ1v) is 7.90. The molecule has 2 rings (SSSR count). The molecule has 0 bridgehead atoms. The Balaban J connectivity index is 1.86. The van der Waals surface area contributed by atoms with Gasteiger partial charge in [0, 0.05) is 29.7 Å². The Kier molecular flexibility index (Phi) is 6.11. The van der Waals surface area contributed by atoms with Crippen molar-refractivity contribution in [1.29, 1.82) is 0 Å². The molecule has 0 aliphatic heterocycles. The van der Waals surface area contributed by atoms with Crippen LogP contribution in [0.25, 0.3) is 6.08 Å². The zero-order chi connectivity index (χ0) is 16.7. The summed E-state index contributed by atoms with van der Waals surface area (Å²) in [6.07, 6.45) is 3.22. The van der Waals surface area contributed by atoms with Gasteiger partial charge in [0.25, 0.3) is 0 Å². The zero-order valence-electron chi connectivity index (χ0n) is 12.7. The fourth-order valence-electron chi connectivity index (χ4n) is 1.95. The molecule has 0 radical (unpaired) electrons. The van der Waals surface area contributed by atoms with Gasteiger partial charge in [-0.1, -0.05) is 40.2 Å². The van der Waals surface area contributed by atoms with E-state index in [1.807, 2.05) is 36.4 Å². The summed E-state index contributed by atoms with van der Waals surface area (Å²) in [6.45, 7) is 1.94. The normalized spacial score (nSPS) is 10.5. The second-order valence-corrected chi connectivity index (χ2v) is 5.90. The van der Waals surface area contributed by atoms with Crippen LogP contribution in [0.2, 0.25) is 0 Å². The van der Waals surface area contributed by atoms with E-state index in [2.05, 4.69) is 26.6 Å². The molecule has 4 nitrogen and oxygen atoms in total. The first kappa shape index (κ1) is 17.0. The SMILES string of the molecule is CC(=O)Nc1ccc(/C=C/C(=O)NCc2cccc(Br)c2)cc1. The van der Waals surface area contributed by atoms with Gasteiger partial charge in [0.2, 0.25) is 11.8 Å². The van der Waals surface area contributed by atoms with Crippen LogP contribution in [-0.2, 0) is 16.1 Å². The Bertz CT molecular complexity index is 724. The number of carbonyl (C=O) groups excluding carboxylic acids is 2. The molecule has 2 amide bonds. The predicted molar refractivity (Wildman–Crippen MR) is 95.8 cm³/mol. The topological polar surface area (TPSA) is 58.2 Å². The maximum atomic E-state index is 11.8. The molecule has 0 fully saturated rings. The Hall–Kier alpha value is -2.40. The van der Waals surface area contributed by atoms with Gasteiger partial charge in [0.15, 0.2) is 0 Å². The Morgan fingerprint density at radius 2 is 1.87 bits per heavy atom. The average molecular weight is 373 g/mol. The third kappa shape index (κ3) is 6.08. The molecule has 0 heterocycles. The van der Waals surface area contributed by atoms with Gasteiger partial charge in [-0.3, -0.25) is 9.59 Å². The first-order valence-electron chi connectivity index (χ1n) is 7.11. The minimum atomic E-state index is -0.157. The van der Waals surface area contributed by atoms with Gasteiger partial charge in [-0.2, -0.15) is 0 Å². The smallest absolute Gasteiger partial charge is 0.244 e. The number of anilines is 1. The fraction of sp³-hybridized carbons (Fsp3) is 0.111. The van der Waals surface area contributed by atoms with Crippen molar-refractivity contribution in [2.24, 2.45) is 0 Å². The third-order valence-electron chi connectivity index (χ3n) is 3.01. The van der Waals surface area contributed by atoms with Crippen molar-refractivity contribution in [3.05, 3.63) is 70.2 Å². The zero-order valence-corrected chi connectivity index (χ0v) is 14.3. The molecular weight excluding hydrogens is 356 g/mol. The fourth-order valence-corrected chi connectivity index (χ4v) is 2.39. The lowest BCUT2D eigenvalue weighted by molar-refractivity contribution is -0.116. The van der Waals surface area contributed by atoms with Crippen LogP contribution in [0.3, 0.4) is 0 Å². The van der Waals surface area contributed by atoms with Crippen LogP contribution < -0.4 is 10.6 Å². The van der Waals surface area contributed by atoms with E-state index in [4.69, 9.17) is 0 Å². The summed E-state index contributed by atoms with van der Waals surface area (Å²) >= 11 is 3.40. The van der Waals surface area contributed by atoms with Crippen LogP contribution in [-0.4, -0.2) is 11.8 Å². The molecule has 118 valence electrons. The largest absolute Gasteiger partial charge is 0.348 e. The molecule has 2 aromatic carbocycles. The number of rotatable bonds is 5. The summed E-state index contributed by atoms with van der Waals surface area (Å²) < 4.78 is 0.985. The van der Waals surface area contributed by atoms with E-state index in [0.29, 0.717) is 6.54 Å². The van der Waals surface area contributed by atoms with Crippen LogP contribution >= 0.6 is 15.9 Å². The van der Waals surface area contributed by atoms with Crippen LogP contribution in [0.4, 0.5) is 5.69 Å². The molecule has 0 aliphatic rings. The van der Waals surface area contributed by atoms with Crippen molar-refractivity contribution in [2.75, 3.05) is 5.32 Å². The number of hydrogen-bond donors (Lipinski definition) is 2. The van der Waals surface area contributed by atoms with E-state index in [0.717, 1.165) is 21.3 Å². The van der Waals surface area contributed by atoms with Crippen LogP contribution in [0.1, 0.15) is 18.1 Å². The van der Waals surface area contributed by atoms with Gasteiger partial charge in [-0.05, 0) is 41.5 Å². The Morgan fingerprint density at radius 1 is 1.13 bits per heavy atom. The van der Waals surface area contributed by atoms with Gasteiger partial charge >= 0.3 is 0 Å². The van der Waals surface area contributed by atoms with Crippen LogP contribution in [0.15, 0.2) is 59.1 Å². The highest BCUT2D eigenvalue weighted by Gasteiger charge is 1.98. The number of hydrogen-bond acceptors (Lipinski definition) is 2. The van der Waals surface area contributed by atoms with Crippen molar-refractivity contribution in [3.63, 3.8) is 0 Å². The minimum Gasteiger partial charge on any atom is -0.348 e. The Morgan fingerprint density at radius 3 is 2.52 bits per heavy atom. The standard InChI is InChI=1S/C18H17BrN2O2/c1-13(22)21-17-8-5-14(6-9-17)7-10-18(23)20-12-15-3-2-4-16(19)11-15/h2-11H,12H2,1H3,(H,20,23)(H,21,22)/b10-7+. The van der Waals surface area contributed by atoms with Crippen molar-refractivity contribution in [1.82, 2.24) is 5.32 Å².